The van der Waals surface area contributed by atoms with E-state index in [2.05, 4.69) is 20.7 Å². The number of benzene rings is 1. The Labute approximate surface area is 123 Å². The van der Waals surface area contributed by atoms with Crippen molar-refractivity contribution in [3.05, 3.63) is 30.3 Å². The molecule has 1 heterocycles. The Balaban J connectivity index is 1.83. The molecule has 0 bridgehead atoms. The van der Waals surface area contributed by atoms with Crippen LogP contribution < -0.4 is 5.32 Å². The van der Waals surface area contributed by atoms with E-state index in [1.807, 2.05) is 44.2 Å². The first-order chi connectivity index (χ1) is 10.1. The van der Waals surface area contributed by atoms with Gasteiger partial charge in [0.15, 0.2) is 6.04 Å². The molecule has 1 aromatic heterocycles. The predicted octanol–water partition coefficient (Wildman–Crippen LogP) is 1.82. The zero-order chi connectivity index (χ0) is 14.8. The molecule has 1 aliphatic rings. The van der Waals surface area contributed by atoms with Crippen molar-refractivity contribution in [1.82, 2.24) is 25.5 Å². The highest BCUT2D eigenvalue weighted by molar-refractivity contribution is 5.80. The largest absolute Gasteiger partial charge is 0.351 e. The molecule has 1 atom stereocenters. The zero-order valence-corrected chi connectivity index (χ0v) is 12.2. The number of carbonyl (C=O) groups excluding carboxylic acids is 1. The second-order valence-electron chi connectivity index (χ2n) is 5.77. The number of rotatable bonds is 5. The van der Waals surface area contributed by atoms with Gasteiger partial charge in [0.2, 0.25) is 11.7 Å². The molecule has 6 nitrogen and oxygen atoms in total. The van der Waals surface area contributed by atoms with Gasteiger partial charge < -0.3 is 5.32 Å². The van der Waals surface area contributed by atoms with Crippen LogP contribution in [0.4, 0.5) is 0 Å². The van der Waals surface area contributed by atoms with Crippen LogP contribution in [-0.2, 0) is 4.79 Å². The van der Waals surface area contributed by atoms with Gasteiger partial charge in [0, 0.05) is 11.6 Å². The summed E-state index contributed by atoms with van der Waals surface area (Å²) >= 11 is 0. The van der Waals surface area contributed by atoms with Gasteiger partial charge in [0.1, 0.15) is 0 Å². The van der Waals surface area contributed by atoms with E-state index in [-0.39, 0.29) is 11.8 Å². The summed E-state index contributed by atoms with van der Waals surface area (Å²) < 4.78 is 0. The van der Waals surface area contributed by atoms with Crippen LogP contribution in [0, 0.1) is 5.92 Å². The topological polar surface area (TPSA) is 72.7 Å². The molecule has 21 heavy (non-hydrogen) atoms. The molecule has 1 saturated carbocycles. The van der Waals surface area contributed by atoms with Crippen LogP contribution in [0.3, 0.4) is 0 Å². The van der Waals surface area contributed by atoms with Gasteiger partial charge in [-0.1, -0.05) is 44.2 Å². The number of hydrogen-bond donors (Lipinski definition) is 1. The molecule has 0 unspecified atom stereocenters. The maximum absolute atomic E-state index is 12.3. The predicted molar refractivity (Wildman–Crippen MR) is 78.3 cm³/mol. The van der Waals surface area contributed by atoms with E-state index in [4.69, 9.17) is 0 Å². The highest BCUT2D eigenvalue weighted by Crippen LogP contribution is 2.23. The molecule has 2 aromatic rings. The van der Waals surface area contributed by atoms with E-state index in [0.29, 0.717) is 11.9 Å². The minimum absolute atomic E-state index is 0.0236. The van der Waals surface area contributed by atoms with E-state index in [1.165, 1.54) is 4.80 Å². The van der Waals surface area contributed by atoms with Crippen molar-refractivity contribution < 1.29 is 4.79 Å². The average Bonchev–Trinajstić information content (AvgIpc) is 3.15. The first-order valence-corrected chi connectivity index (χ1v) is 7.30. The Morgan fingerprint density at radius 2 is 2.00 bits per heavy atom. The monoisotopic (exact) mass is 285 g/mol. The van der Waals surface area contributed by atoms with Crippen LogP contribution in [-0.4, -0.2) is 32.2 Å². The third-order valence-electron chi connectivity index (χ3n) is 3.53. The molecule has 110 valence electrons. The molecular formula is C15H19N5O. The quantitative estimate of drug-likeness (QED) is 0.909. The van der Waals surface area contributed by atoms with Gasteiger partial charge in [0.25, 0.3) is 0 Å². The molecule has 6 heteroatoms. The fraction of sp³-hybridized carbons (Fsp3) is 0.467. The standard InChI is InChI=1S/C15H19N5O/c1-10(2)13(15(21)16-12-8-9-12)20-18-14(17-19-20)11-6-4-3-5-7-11/h3-7,10,12-13H,8-9H2,1-2H3,(H,16,21)/t13-/m1/s1. The van der Waals surface area contributed by atoms with Gasteiger partial charge >= 0.3 is 0 Å². The summed E-state index contributed by atoms with van der Waals surface area (Å²) in [7, 11) is 0. The number of aromatic nitrogens is 4. The van der Waals surface area contributed by atoms with Crippen LogP contribution in [0.2, 0.25) is 0 Å². The minimum Gasteiger partial charge on any atom is -0.351 e. The van der Waals surface area contributed by atoms with Crippen molar-refractivity contribution in [2.75, 3.05) is 0 Å². The minimum atomic E-state index is -0.421. The Morgan fingerprint density at radius 3 is 2.62 bits per heavy atom. The lowest BCUT2D eigenvalue weighted by Crippen LogP contribution is -2.37. The van der Waals surface area contributed by atoms with Gasteiger partial charge in [-0.25, -0.2) is 0 Å². The normalized spacial score (nSPS) is 16.0. The number of tetrazole rings is 1. The molecule has 1 fully saturated rings. The average molecular weight is 285 g/mol. The molecule has 0 spiro atoms. The third kappa shape index (κ3) is 3.09. The van der Waals surface area contributed by atoms with Crippen molar-refractivity contribution in [1.29, 1.82) is 0 Å². The lowest BCUT2D eigenvalue weighted by atomic mass is 10.0. The lowest BCUT2D eigenvalue weighted by Gasteiger charge is -2.18. The second-order valence-corrected chi connectivity index (χ2v) is 5.77. The fourth-order valence-corrected chi connectivity index (χ4v) is 2.23. The highest BCUT2D eigenvalue weighted by atomic mass is 16.2. The number of nitrogens with one attached hydrogen (secondary N) is 1. The molecule has 1 N–H and O–H groups in total. The summed E-state index contributed by atoms with van der Waals surface area (Å²) in [6.07, 6.45) is 2.13. The van der Waals surface area contributed by atoms with Crippen LogP contribution in [0.25, 0.3) is 11.4 Å². The lowest BCUT2D eigenvalue weighted by molar-refractivity contribution is -0.126. The summed E-state index contributed by atoms with van der Waals surface area (Å²) in [5.74, 6) is 0.617. The SMILES string of the molecule is CC(C)[C@H](C(=O)NC1CC1)n1nnc(-c2ccccc2)n1. The van der Waals surface area contributed by atoms with E-state index < -0.39 is 6.04 Å². The summed E-state index contributed by atoms with van der Waals surface area (Å²) in [4.78, 5) is 13.8. The van der Waals surface area contributed by atoms with Crippen LogP contribution in [0.15, 0.2) is 30.3 Å². The van der Waals surface area contributed by atoms with Crippen molar-refractivity contribution in [2.24, 2.45) is 5.92 Å². The van der Waals surface area contributed by atoms with E-state index >= 15 is 0 Å². The zero-order valence-electron chi connectivity index (χ0n) is 12.2. The maximum Gasteiger partial charge on any atom is 0.247 e. The summed E-state index contributed by atoms with van der Waals surface area (Å²) in [6.45, 7) is 3.98. The van der Waals surface area contributed by atoms with E-state index in [0.717, 1.165) is 18.4 Å². The van der Waals surface area contributed by atoms with E-state index in [1.54, 1.807) is 0 Å². The van der Waals surface area contributed by atoms with Gasteiger partial charge in [-0.3, -0.25) is 4.79 Å². The van der Waals surface area contributed by atoms with Crippen LogP contribution in [0.1, 0.15) is 32.7 Å². The van der Waals surface area contributed by atoms with Crippen LogP contribution >= 0.6 is 0 Å². The van der Waals surface area contributed by atoms with Crippen molar-refractivity contribution in [3.8, 4) is 11.4 Å². The Kier molecular flexibility index (Phi) is 3.68. The van der Waals surface area contributed by atoms with Crippen molar-refractivity contribution in [2.45, 2.75) is 38.8 Å². The number of carbonyl (C=O) groups is 1. The van der Waals surface area contributed by atoms with Gasteiger partial charge in [-0.05, 0) is 24.0 Å². The summed E-state index contributed by atoms with van der Waals surface area (Å²) in [5, 5.41) is 15.5. The Hall–Kier alpha value is -2.24. The second kappa shape index (κ2) is 5.63. The number of nitrogens with zero attached hydrogens (tertiary/aromatic N) is 4. The fourth-order valence-electron chi connectivity index (χ4n) is 2.23. The van der Waals surface area contributed by atoms with Crippen LogP contribution in [0.5, 0.6) is 0 Å². The van der Waals surface area contributed by atoms with Crippen molar-refractivity contribution >= 4 is 5.91 Å². The smallest absolute Gasteiger partial charge is 0.247 e. The maximum atomic E-state index is 12.3. The first-order valence-electron chi connectivity index (χ1n) is 7.30. The molecule has 0 radical (unpaired) electrons. The molecule has 1 amide bonds. The Bertz CT molecular complexity index is 618. The van der Waals surface area contributed by atoms with Gasteiger partial charge in [0.05, 0.1) is 0 Å². The number of hydrogen-bond acceptors (Lipinski definition) is 4. The van der Waals surface area contributed by atoms with Gasteiger partial charge in [-0.15, -0.1) is 10.2 Å². The number of amides is 1. The summed E-state index contributed by atoms with van der Waals surface area (Å²) in [6, 6.07) is 9.55. The highest BCUT2D eigenvalue weighted by Gasteiger charge is 2.31. The molecule has 0 aliphatic heterocycles. The van der Waals surface area contributed by atoms with Crippen molar-refractivity contribution in [3.63, 3.8) is 0 Å². The van der Waals surface area contributed by atoms with Gasteiger partial charge in [-0.2, -0.15) is 4.80 Å². The molecule has 3 rings (SSSR count). The molecule has 1 aromatic carbocycles. The third-order valence-corrected chi connectivity index (χ3v) is 3.53. The molecular weight excluding hydrogens is 266 g/mol. The molecule has 0 saturated heterocycles. The summed E-state index contributed by atoms with van der Waals surface area (Å²) in [5.41, 5.74) is 0.897. The first kappa shape index (κ1) is 13.7. The Morgan fingerprint density at radius 1 is 1.29 bits per heavy atom. The molecule has 1 aliphatic carbocycles. The van der Waals surface area contributed by atoms with E-state index in [9.17, 15) is 4.79 Å².